The highest BCUT2D eigenvalue weighted by atomic mass is 32.2. The molecule has 1 aromatic carbocycles. The molecule has 0 saturated carbocycles. The summed E-state index contributed by atoms with van der Waals surface area (Å²) in [5, 5.41) is 2.04. The van der Waals surface area contributed by atoms with Crippen LogP contribution in [0.15, 0.2) is 40.5 Å². The smallest absolute Gasteiger partial charge is 0.229 e. The van der Waals surface area contributed by atoms with Crippen molar-refractivity contribution in [2.75, 3.05) is 14.1 Å². The summed E-state index contributed by atoms with van der Waals surface area (Å²) in [4.78, 5) is 11.3. The van der Waals surface area contributed by atoms with Gasteiger partial charge in [0.15, 0.2) is 0 Å². The van der Waals surface area contributed by atoms with Gasteiger partial charge in [-0.05, 0) is 37.1 Å². The standard InChI is InChI=1S/C17H19N3O2S3/c1-11-12(2)24-17-15(11)16(18-10-19-17)23-9-13-6-5-7-14(8-13)25(21,22)20(3)4/h5-8,10H,9H2,1-4H3. The summed E-state index contributed by atoms with van der Waals surface area (Å²) in [6.07, 6.45) is 1.59. The van der Waals surface area contributed by atoms with Crippen LogP contribution in [0.3, 0.4) is 0 Å². The summed E-state index contributed by atoms with van der Waals surface area (Å²) < 4.78 is 25.8. The fourth-order valence-electron chi connectivity index (χ4n) is 2.42. The molecule has 2 aromatic heterocycles. The number of thioether (sulfide) groups is 1. The number of sulfonamides is 1. The second-order valence-electron chi connectivity index (χ2n) is 5.87. The van der Waals surface area contributed by atoms with Gasteiger partial charge in [-0.1, -0.05) is 12.1 Å². The van der Waals surface area contributed by atoms with Crippen molar-refractivity contribution in [1.29, 1.82) is 0 Å². The second kappa shape index (κ2) is 7.03. The topological polar surface area (TPSA) is 63.2 Å². The van der Waals surface area contributed by atoms with Crippen LogP contribution in [-0.2, 0) is 15.8 Å². The lowest BCUT2D eigenvalue weighted by molar-refractivity contribution is 0.520. The first-order valence-electron chi connectivity index (χ1n) is 7.65. The predicted octanol–water partition coefficient (Wildman–Crippen LogP) is 3.85. The van der Waals surface area contributed by atoms with Crippen LogP contribution in [0.25, 0.3) is 10.2 Å². The third kappa shape index (κ3) is 3.57. The Morgan fingerprint density at radius 1 is 1.20 bits per heavy atom. The number of thiophene rings is 1. The zero-order chi connectivity index (χ0) is 18.2. The molecule has 0 aliphatic carbocycles. The number of aryl methyl sites for hydroxylation is 2. The zero-order valence-corrected chi connectivity index (χ0v) is 16.9. The minimum absolute atomic E-state index is 0.311. The van der Waals surface area contributed by atoms with Crippen LogP contribution in [-0.4, -0.2) is 36.8 Å². The molecule has 0 aliphatic rings. The minimum atomic E-state index is -3.42. The van der Waals surface area contributed by atoms with Gasteiger partial charge in [-0.2, -0.15) is 0 Å². The SMILES string of the molecule is Cc1sc2ncnc(SCc3cccc(S(=O)(=O)N(C)C)c3)c2c1C. The molecule has 0 radical (unpaired) electrons. The Morgan fingerprint density at radius 2 is 1.96 bits per heavy atom. The lowest BCUT2D eigenvalue weighted by atomic mass is 10.2. The van der Waals surface area contributed by atoms with Gasteiger partial charge in [0.05, 0.1) is 4.90 Å². The number of nitrogens with zero attached hydrogens (tertiary/aromatic N) is 3. The van der Waals surface area contributed by atoms with E-state index in [0.717, 1.165) is 20.8 Å². The third-order valence-electron chi connectivity index (χ3n) is 3.98. The molecule has 0 bridgehead atoms. The summed E-state index contributed by atoms with van der Waals surface area (Å²) in [6.45, 7) is 4.18. The van der Waals surface area contributed by atoms with Crippen LogP contribution in [0, 0.1) is 13.8 Å². The fraction of sp³-hybridized carbons (Fsp3) is 0.294. The van der Waals surface area contributed by atoms with Crippen LogP contribution >= 0.6 is 23.1 Å². The van der Waals surface area contributed by atoms with Crippen LogP contribution in [0.1, 0.15) is 16.0 Å². The molecule has 0 atom stereocenters. The summed E-state index contributed by atoms with van der Waals surface area (Å²) in [7, 11) is -0.345. The molecule has 0 spiro atoms. The highest BCUT2D eigenvalue weighted by Gasteiger charge is 2.17. The van der Waals surface area contributed by atoms with Gasteiger partial charge in [0.25, 0.3) is 0 Å². The lowest BCUT2D eigenvalue weighted by Gasteiger charge is -2.12. The fourth-order valence-corrected chi connectivity index (χ4v) is 5.45. The van der Waals surface area contributed by atoms with Gasteiger partial charge in [-0.15, -0.1) is 23.1 Å². The van der Waals surface area contributed by atoms with E-state index < -0.39 is 10.0 Å². The van der Waals surface area contributed by atoms with E-state index in [2.05, 4.69) is 23.8 Å². The molecule has 0 fully saturated rings. The maximum Gasteiger partial charge on any atom is 0.242 e. The molecule has 25 heavy (non-hydrogen) atoms. The quantitative estimate of drug-likeness (QED) is 0.487. The van der Waals surface area contributed by atoms with Gasteiger partial charge in [-0.3, -0.25) is 0 Å². The Labute approximate surface area is 156 Å². The van der Waals surface area contributed by atoms with Crippen LogP contribution in [0.2, 0.25) is 0 Å². The van der Waals surface area contributed by atoms with Crippen molar-refractivity contribution < 1.29 is 8.42 Å². The van der Waals surface area contributed by atoms with Gasteiger partial charge in [0, 0.05) is 30.1 Å². The molecule has 0 amide bonds. The molecule has 0 unspecified atom stereocenters. The van der Waals surface area contributed by atoms with Crippen LogP contribution < -0.4 is 0 Å². The largest absolute Gasteiger partial charge is 0.242 e. The molecule has 132 valence electrons. The molecule has 3 rings (SSSR count). The van der Waals surface area contributed by atoms with Gasteiger partial charge in [0.1, 0.15) is 16.2 Å². The highest BCUT2D eigenvalue weighted by Crippen LogP contribution is 2.35. The number of hydrogen-bond donors (Lipinski definition) is 0. The van der Waals surface area contributed by atoms with E-state index in [9.17, 15) is 8.42 Å². The van der Waals surface area contributed by atoms with Crippen molar-refractivity contribution in [3.8, 4) is 0 Å². The Hall–Kier alpha value is -1.48. The molecule has 2 heterocycles. The molecular formula is C17H19N3O2S3. The Kier molecular flexibility index (Phi) is 5.15. The number of fused-ring (bicyclic) bond motifs is 1. The predicted molar refractivity (Wildman–Crippen MR) is 104 cm³/mol. The number of hydrogen-bond acceptors (Lipinski definition) is 6. The van der Waals surface area contributed by atoms with Crippen molar-refractivity contribution in [3.63, 3.8) is 0 Å². The van der Waals surface area contributed by atoms with E-state index >= 15 is 0 Å². The Balaban J connectivity index is 1.88. The summed E-state index contributed by atoms with van der Waals surface area (Å²) in [5.74, 6) is 0.650. The van der Waals surface area contributed by atoms with E-state index in [1.165, 1.54) is 28.8 Å². The summed E-state index contributed by atoms with van der Waals surface area (Å²) >= 11 is 3.28. The van der Waals surface area contributed by atoms with Crippen molar-refractivity contribution in [3.05, 3.63) is 46.6 Å². The zero-order valence-electron chi connectivity index (χ0n) is 14.5. The van der Waals surface area contributed by atoms with E-state index in [1.54, 1.807) is 47.6 Å². The number of benzene rings is 1. The molecule has 0 saturated heterocycles. The first-order valence-corrected chi connectivity index (χ1v) is 10.9. The van der Waals surface area contributed by atoms with Gasteiger partial charge >= 0.3 is 0 Å². The lowest BCUT2D eigenvalue weighted by Crippen LogP contribution is -2.22. The molecule has 3 aromatic rings. The maximum atomic E-state index is 12.3. The Bertz CT molecular complexity index is 1030. The maximum absolute atomic E-state index is 12.3. The molecule has 0 aliphatic heterocycles. The summed E-state index contributed by atoms with van der Waals surface area (Å²) in [5.41, 5.74) is 2.16. The molecule has 5 nitrogen and oxygen atoms in total. The van der Waals surface area contributed by atoms with E-state index in [-0.39, 0.29) is 0 Å². The van der Waals surface area contributed by atoms with E-state index in [4.69, 9.17) is 0 Å². The van der Waals surface area contributed by atoms with Crippen molar-refractivity contribution in [2.45, 2.75) is 29.5 Å². The second-order valence-corrected chi connectivity index (χ2v) is 10.2. The van der Waals surface area contributed by atoms with Gasteiger partial charge in [-0.25, -0.2) is 22.7 Å². The normalized spacial score (nSPS) is 12.2. The van der Waals surface area contributed by atoms with Crippen molar-refractivity contribution in [1.82, 2.24) is 14.3 Å². The third-order valence-corrected chi connectivity index (χ3v) is 7.97. The van der Waals surface area contributed by atoms with Crippen molar-refractivity contribution in [2.24, 2.45) is 0 Å². The first kappa shape index (κ1) is 18.3. The molecule has 0 N–H and O–H groups in total. The first-order chi connectivity index (χ1) is 11.8. The number of aromatic nitrogens is 2. The molecule has 8 heteroatoms. The average Bonchev–Trinajstić information content (AvgIpc) is 2.88. The van der Waals surface area contributed by atoms with Crippen LogP contribution in [0.5, 0.6) is 0 Å². The van der Waals surface area contributed by atoms with Crippen molar-refractivity contribution >= 4 is 43.3 Å². The summed E-state index contributed by atoms with van der Waals surface area (Å²) in [6, 6.07) is 7.07. The van der Waals surface area contributed by atoms with E-state index in [0.29, 0.717) is 10.6 Å². The minimum Gasteiger partial charge on any atom is -0.229 e. The van der Waals surface area contributed by atoms with Gasteiger partial charge in [0.2, 0.25) is 10.0 Å². The van der Waals surface area contributed by atoms with E-state index in [1.807, 2.05) is 6.07 Å². The number of rotatable bonds is 5. The average molecular weight is 394 g/mol. The van der Waals surface area contributed by atoms with Crippen LogP contribution in [0.4, 0.5) is 0 Å². The Morgan fingerprint density at radius 3 is 2.68 bits per heavy atom. The molecular weight excluding hydrogens is 374 g/mol. The monoisotopic (exact) mass is 393 g/mol. The highest BCUT2D eigenvalue weighted by molar-refractivity contribution is 7.98. The van der Waals surface area contributed by atoms with Gasteiger partial charge < -0.3 is 0 Å².